The molecule has 3 heteroatoms. The lowest BCUT2D eigenvalue weighted by molar-refractivity contribution is -0.120. The number of rotatable bonds is 3. The molecule has 0 amide bonds. The normalized spacial score (nSPS) is 20.5. The van der Waals surface area contributed by atoms with Gasteiger partial charge in [0.05, 0.1) is 19.8 Å². The lowest BCUT2D eigenvalue weighted by Gasteiger charge is -2.37. The van der Waals surface area contributed by atoms with E-state index in [4.69, 9.17) is 9.47 Å². The number of hydrogen-bond acceptors (Lipinski definition) is 3. The van der Waals surface area contributed by atoms with Crippen molar-refractivity contribution in [1.29, 1.82) is 0 Å². The van der Waals surface area contributed by atoms with Gasteiger partial charge in [0.1, 0.15) is 5.75 Å². The van der Waals surface area contributed by atoms with Gasteiger partial charge in [-0.05, 0) is 18.1 Å². The van der Waals surface area contributed by atoms with Crippen molar-refractivity contribution in [3.05, 3.63) is 29.3 Å². The maximum atomic E-state index is 5.97. The highest BCUT2D eigenvalue weighted by Gasteiger charge is 2.34. The molecule has 1 saturated heterocycles. The fraction of sp³-hybridized carbons (Fsp3) is 0.500. The van der Waals surface area contributed by atoms with Gasteiger partial charge in [-0.15, -0.1) is 0 Å². The van der Waals surface area contributed by atoms with Gasteiger partial charge < -0.3 is 9.47 Å². The van der Waals surface area contributed by atoms with Crippen LogP contribution in [0.3, 0.4) is 0 Å². The molecular formula is C14H17NO2. The van der Waals surface area contributed by atoms with Crippen LogP contribution in [0.2, 0.25) is 0 Å². The minimum absolute atomic E-state index is 0.200. The first-order valence-corrected chi connectivity index (χ1v) is 6.09. The summed E-state index contributed by atoms with van der Waals surface area (Å²) < 4.78 is 11.2. The molecule has 3 nitrogen and oxygen atoms in total. The van der Waals surface area contributed by atoms with Gasteiger partial charge in [0.15, 0.2) is 0 Å². The van der Waals surface area contributed by atoms with Crippen LogP contribution in [0.5, 0.6) is 5.75 Å². The number of ether oxygens (including phenoxy) is 2. The molecule has 1 aromatic rings. The second-order valence-corrected chi connectivity index (χ2v) is 5.20. The van der Waals surface area contributed by atoms with Crippen LogP contribution in [0.4, 0.5) is 0 Å². The molecule has 0 atom stereocenters. The average molecular weight is 231 g/mol. The molecule has 2 aliphatic rings. The Labute approximate surface area is 101 Å². The van der Waals surface area contributed by atoms with E-state index in [1.165, 1.54) is 11.1 Å². The number of fused-ring (bicyclic) bond motifs is 1. The van der Waals surface area contributed by atoms with Crippen molar-refractivity contribution < 1.29 is 9.47 Å². The fourth-order valence-corrected chi connectivity index (χ4v) is 2.23. The SMILES string of the molecule is CC1(COc2cccc3c2CCN=C3)COC1. The van der Waals surface area contributed by atoms with Gasteiger partial charge >= 0.3 is 0 Å². The number of benzene rings is 1. The monoisotopic (exact) mass is 231 g/mol. The van der Waals surface area contributed by atoms with Crippen molar-refractivity contribution in [1.82, 2.24) is 0 Å². The van der Waals surface area contributed by atoms with Crippen molar-refractivity contribution in [2.45, 2.75) is 13.3 Å². The Morgan fingerprint density at radius 3 is 3.06 bits per heavy atom. The molecule has 0 bridgehead atoms. The minimum atomic E-state index is 0.200. The van der Waals surface area contributed by atoms with E-state index in [1.54, 1.807) is 0 Å². The Kier molecular flexibility index (Phi) is 2.63. The topological polar surface area (TPSA) is 30.8 Å². The van der Waals surface area contributed by atoms with Crippen molar-refractivity contribution in [2.75, 3.05) is 26.4 Å². The van der Waals surface area contributed by atoms with Gasteiger partial charge in [-0.1, -0.05) is 19.1 Å². The summed E-state index contributed by atoms with van der Waals surface area (Å²) >= 11 is 0. The van der Waals surface area contributed by atoms with E-state index < -0.39 is 0 Å². The molecular weight excluding hydrogens is 214 g/mol. The first-order chi connectivity index (χ1) is 8.27. The zero-order chi connectivity index (χ0) is 11.7. The first-order valence-electron chi connectivity index (χ1n) is 6.09. The highest BCUT2D eigenvalue weighted by molar-refractivity contribution is 5.84. The molecule has 0 spiro atoms. The number of nitrogens with zero attached hydrogens (tertiary/aromatic N) is 1. The Morgan fingerprint density at radius 1 is 1.41 bits per heavy atom. The Bertz CT molecular complexity index is 450. The van der Waals surface area contributed by atoms with Gasteiger partial charge in [-0.2, -0.15) is 0 Å². The van der Waals surface area contributed by atoms with E-state index in [-0.39, 0.29) is 5.41 Å². The van der Waals surface area contributed by atoms with Gasteiger partial charge in [-0.3, -0.25) is 4.99 Å². The molecule has 0 saturated carbocycles. The molecule has 90 valence electrons. The van der Waals surface area contributed by atoms with Crippen molar-refractivity contribution in [3.63, 3.8) is 0 Å². The van der Waals surface area contributed by atoms with Gasteiger partial charge in [0.2, 0.25) is 0 Å². The van der Waals surface area contributed by atoms with Crippen molar-refractivity contribution in [3.8, 4) is 5.75 Å². The summed E-state index contributed by atoms with van der Waals surface area (Å²) in [5, 5.41) is 0. The zero-order valence-corrected chi connectivity index (χ0v) is 10.1. The summed E-state index contributed by atoms with van der Waals surface area (Å²) in [6, 6.07) is 6.19. The van der Waals surface area contributed by atoms with E-state index in [1.807, 2.05) is 12.3 Å². The molecule has 2 aliphatic heterocycles. The van der Waals surface area contributed by atoms with E-state index in [9.17, 15) is 0 Å². The predicted molar refractivity (Wildman–Crippen MR) is 67.0 cm³/mol. The van der Waals surface area contributed by atoms with E-state index >= 15 is 0 Å². The Balaban J connectivity index is 1.76. The average Bonchev–Trinajstić information content (AvgIpc) is 2.34. The van der Waals surface area contributed by atoms with Crippen molar-refractivity contribution in [2.24, 2.45) is 10.4 Å². The molecule has 0 N–H and O–H groups in total. The van der Waals surface area contributed by atoms with E-state index in [0.29, 0.717) is 0 Å². The third kappa shape index (κ3) is 2.07. The zero-order valence-electron chi connectivity index (χ0n) is 10.1. The Morgan fingerprint density at radius 2 is 2.29 bits per heavy atom. The summed E-state index contributed by atoms with van der Waals surface area (Å²) in [6.45, 7) is 5.43. The lowest BCUT2D eigenvalue weighted by atomic mass is 9.90. The number of aliphatic imine (C=N–C) groups is 1. The van der Waals surface area contributed by atoms with Crippen LogP contribution in [0.1, 0.15) is 18.1 Å². The molecule has 2 heterocycles. The first kappa shape index (κ1) is 10.8. The van der Waals surface area contributed by atoms with Crippen LogP contribution >= 0.6 is 0 Å². The van der Waals surface area contributed by atoms with E-state index in [0.717, 1.165) is 38.5 Å². The summed E-state index contributed by atoms with van der Waals surface area (Å²) in [7, 11) is 0. The predicted octanol–water partition coefficient (Wildman–Crippen LogP) is 2.08. The van der Waals surface area contributed by atoms with Crippen LogP contribution in [-0.2, 0) is 11.2 Å². The molecule has 0 unspecified atom stereocenters. The fourth-order valence-electron chi connectivity index (χ4n) is 2.23. The van der Waals surface area contributed by atoms with E-state index in [2.05, 4.69) is 24.0 Å². The standard InChI is InChI=1S/C14H17NO2/c1-14(8-16-9-14)10-17-13-4-2-3-11-7-15-6-5-12(11)13/h2-4,7H,5-6,8-10H2,1H3. The molecule has 1 aromatic carbocycles. The molecule has 3 rings (SSSR count). The van der Waals surface area contributed by atoms with Crippen LogP contribution < -0.4 is 4.74 Å². The van der Waals surface area contributed by atoms with Gasteiger partial charge in [0.25, 0.3) is 0 Å². The van der Waals surface area contributed by atoms with Gasteiger partial charge in [0, 0.05) is 23.7 Å². The molecule has 17 heavy (non-hydrogen) atoms. The maximum absolute atomic E-state index is 5.97. The van der Waals surface area contributed by atoms with Crippen LogP contribution in [-0.4, -0.2) is 32.6 Å². The maximum Gasteiger partial charge on any atom is 0.123 e. The highest BCUT2D eigenvalue weighted by atomic mass is 16.5. The second-order valence-electron chi connectivity index (χ2n) is 5.20. The van der Waals surface area contributed by atoms with Crippen LogP contribution in [0, 0.1) is 5.41 Å². The summed E-state index contributed by atoms with van der Waals surface area (Å²) in [5.74, 6) is 1.02. The Hall–Kier alpha value is -1.35. The molecule has 0 aromatic heterocycles. The largest absolute Gasteiger partial charge is 0.493 e. The summed E-state index contributed by atoms with van der Waals surface area (Å²) in [4.78, 5) is 4.30. The van der Waals surface area contributed by atoms with Gasteiger partial charge in [-0.25, -0.2) is 0 Å². The molecule has 1 fully saturated rings. The lowest BCUT2D eigenvalue weighted by Crippen LogP contribution is -2.44. The molecule has 0 aliphatic carbocycles. The third-order valence-corrected chi connectivity index (χ3v) is 3.37. The molecule has 0 radical (unpaired) electrons. The van der Waals surface area contributed by atoms with Crippen LogP contribution in [0.25, 0.3) is 0 Å². The quantitative estimate of drug-likeness (QED) is 0.797. The summed E-state index contributed by atoms with van der Waals surface area (Å²) in [5.41, 5.74) is 2.70. The van der Waals surface area contributed by atoms with Crippen LogP contribution in [0.15, 0.2) is 23.2 Å². The summed E-state index contributed by atoms with van der Waals surface area (Å²) in [6.07, 6.45) is 2.93. The second kappa shape index (κ2) is 4.15. The smallest absolute Gasteiger partial charge is 0.123 e. The number of hydrogen-bond donors (Lipinski definition) is 0. The van der Waals surface area contributed by atoms with Crippen molar-refractivity contribution >= 4 is 6.21 Å². The highest BCUT2D eigenvalue weighted by Crippen LogP contribution is 2.30. The third-order valence-electron chi connectivity index (χ3n) is 3.37. The minimum Gasteiger partial charge on any atom is -0.493 e.